The van der Waals surface area contributed by atoms with Gasteiger partial charge >= 0.3 is 0 Å². The standard InChI is InChI=1S/C16H30N2O/c19-16(8-4-1-5-9-16)14-17-10-12-18(13-11-17)15-6-2-3-7-15/h15,19H,1-14H2. The van der Waals surface area contributed by atoms with Gasteiger partial charge in [0, 0.05) is 38.8 Å². The van der Waals surface area contributed by atoms with E-state index in [0.717, 1.165) is 25.4 Å². The molecule has 1 aliphatic heterocycles. The Balaban J connectivity index is 1.44. The van der Waals surface area contributed by atoms with E-state index in [1.54, 1.807) is 0 Å². The minimum Gasteiger partial charge on any atom is -0.389 e. The number of piperazine rings is 1. The quantitative estimate of drug-likeness (QED) is 0.848. The van der Waals surface area contributed by atoms with Crippen LogP contribution < -0.4 is 0 Å². The fourth-order valence-electron chi connectivity index (χ4n) is 4.34. The highest BCUT2D eigenvalue weighted by atomic mass is 16.3. The Morgan fingerprint density at radius 3 is 2.11 bits per heavy atom. The number of nitrogens with zero attached hydrogens (tertiary/aromatic N) is 2. The first-order chi connectivity index (χ1) is 9.25. The van der Waals surface area contributed by atoms with Crippen LogP contribution in [0.1, 0.15) is 57.8 Å². The molecule has 3 rings (SSSR count). The third-order valence-corrected chi connectivity index (χ3v) is 5.55. The van der Waals surface area contributed by atoms with Gasteiger partial charge in [-0.15, -0.1) is 0 Å². The topological polar surface area (TPSA) is 26.7 Å². The zero-order valence-electron chi connectivity index (χ0n) is 12.3. The highest BCUT2D eigenvalue weighted by Crippen LogP contribution is 2.30. The first kappa shape index (κ1) is 13.8. The number of β-amino-alcohol motifs (C(OH)–C–C–N with tert-alkyl or cyclic N) is 1. The molecule has 0 spiro atoms. The van der Waals surface area contributed by atoms with E-state index in [2.05, 4.69) is 9.80 Å². The Morgan fingerprint density at radius 2 is 1.47 bits per heavy atom. The molecule has 0 amide bonds. The zero-order valence-corrected chi connectivity index (χ0v) is 12.3. The summed E-state index contributed by atoms with van der Waals surface area (Å²) in [5, 5.41) is 10.6. The van der Waals surface area contributed by atoms with E-state index in [-0.39, 0.29) is 5.60 Å². The van der Waals surface area contributed by atoms with Gasteiger partial charge in [-0.25, -0.2) is 0 Å². The lowest BCUT2D eigenvalue weighted by atomic mass is 9.84. The van der Waals surface area contributed by atoms with Crippen LogP contribution in [0.3, 0.4) is 0 Å². The van der Waals surface area contributed by atoms with Crippen molar-refractivity contribution in [1.29, 1.82) is 0 Å². The molecule has 3 aliphatic rings. The average Bonchev–Trinajstić information content (AvgIpc) is 2.94. The van der Waals surface area contributed by atoms with Crippen molar-refractivity contribution in [3.05, 3.63) is 0 Å². The summed E-state index contributed by atoms with van der Waals surface area (Å²) >= 11 is 0. The SMILES string of the molecule is OC1(CN2CCN(C3CCCC3)CC2)CCCCC1. The molecule has 19 heavy (non-hydrogen) atoms. The molecule has 3 nitrogen and oxygen atoms in total. The van der Waals surface area contributed by atoms with Crippen molar-refractivity contribution in [2.75, 3.05) is 32.7 Å². The Bertz CT molecular complexity index is 274. The molecule has 0 atom stereocenters. The first-order valence-corrected chi connectivity index (χ1v) is 8.44. The molecule has 3 fully saturated rings. The minimum atomic E-state index is -0.367. The lowest BCUT2D eigenvalue weighted by Crippen LogP contribution is -2.54. The van der Waals surface area contributed by atoms with E-state index in [0.29, 0.717) is 0 Å². The fourth-order valence-corrected chi connectivity index (χ4v) is 4.34. The van der Waals surface area contributed by atoms with Crippen LogP contribution in [0.2, 0.25) is 0 Å². The maximum Gasteiger partial charge on any atom is 0.0774 e. The van der Waals surface area contributed by atoms with Crippen molar-refractivity contribution in [1.82, 2.24) is 9.80 Å². The molecule has 0 radical (unpaired) electrons. The normalized spacial score (nSPS) is 30.8. The molecule has 1 heterocycles. The van der Waals surface area contributed by atoms with Gasteiger partial charge in [0.15, 0.2) is 0 Å². The Labute approximate surface area is 118 Å². The molecule has 0 unspecified atom stereocenters. The first-order valence-electron chi connectivity index (χ1n) is 8.44. The molecule has 3 heteroatoms. The van der Waals surface area contributed by atoms with Crippen molar-refractivity contribution in [3.8, 4) is 0 Å². The van der Waals surface area contributed by atoms with E-state index in [4.69, 9.17) is 0 Å². The van der Waals surface area contributed by atoms with Gasteiger partial charge in [0.2, 0.25) is 0 Å². The Hall–Kier alpha value is -0.120. The molecule has 0 bridgehead atoms. The third kappa shape index (κ3) is 3.50. The van der Waals surface area contributed by atoms with Gasteiger partial charge in [0.25, 0.3) is 0 Å². The van der Waals surface area contributed by atoms with Crippen LogP contribution in [0.25, 0.3) is 0 Å². The van der Waals surface area contributed by atoms with Crippen LogP contribution in [0.15, 0.2) is 0 Å². The monoisotopic (exact) mass is 266 g/mol. The Kier molecular flexibility index (Phi) is 4.45. The summed E-state index contributed by atoms with van der Waals surface area (Å²) in [7, 11) is 0. The van der Waals surface area contributed by atoms with E-state index in [9.17, 15) is 5.11 Å². The van der Waals surface area contributed by atoms with Crippen LogP contribution >= 0.6 is 0 Å². The van der Waals surface area contributed by atoms with Gasteiger partial charge in [-0.05, 0) is 25.7 Å². The molecular formula is C16H30N2O. The Morgan fingerprint density at radius 1 is 0.842 bits per heavy atom. The van der Waals surface area contributed by atoms with E-state index >= 15 is 0 Å². The largest absolute Gasteiger partial charge is 0.389 e. The molecule has 2 saturated carbocycles. The molecular weight excluding hydrogens is 236 g/mol. The number of rotatable bonds is 3. The molecule has 110 valence electrons. The van der Waals surface area contributed by atoms with Crippen molar-refractivity contribution in [2.24, 2.45) is 0 Å². The second-order valence-electron chi connectivity index (χ2n) is 7.04. The summed E-state index contributed by atoms with van der Waals surface area (Å²) in [6.07, 6.45) is 11.5. The average molecular weight is 266 g/mol. The summed E-state index contributed by atoms with van der Waals surface area (Å²) in [5.74, 6) is 0. The van der Waals surface area contributed by atoms with E-state index in [1.807, 2.05) is 0 Å². The van der Waals surface area contributed by atoms with Gasteiger partial charge in [0.1, 0.15) is 0 Å². The second-order valence-corrected chi connectivity index (χ2v) is 7.04. The summed E-state index contributed by atoms with van der Waals surface area (Å²) in [5.41, 5.74) is -0.367. The predicted molar refractivity (Wildman–Crippen MR) is 78.3 cm³/mol. The van der Waals surface area contributed by atoms with E-state index in [1.165, 1.54) is 71.1 Å². The minimum absolute atomic E-state index is 0.367. The van der Waals surface area contributed by atoms with Gasteiger partial charge in [-0.1, -0.05) is 32.1 Å². The lowest BCUT2D eigenvalue weighted by Gasteiger charge is -2.42. The van der Waals surface area contributed by atoms with Gasteiger partial charge in [-0.2, -0.15) is 0 Å². The highest BCUT2D eigenvalue weighted by molar-refractivity contribution is 4.88. The lowest BCUT2D eigenvalue weighted by molar-refractivity contribution is -0.0380. The van der Waals surface area contributed by atoms with Crippen LogP contribution in [-0.2, 0) is 0 Å². The highest BCUT2D eigenvalue weighted by Gasteiger charge is 2.33. The number of aliphatic hydroxyl groups is 1. The van der Waals surface area contributed by atoms with Crippen molar-refractivity contribution in [3.63, 3.8) is 0 Å². The van der Waals surface area contributed by atoms with Crippen LogP contribution in [0.5, 0.6) is 0 Å². The van der Waals surface area contributed by atoms with Crippen molar-refractivity contribution >= 4 is 0 Å². The number of hydrogen-bond donors (Lipinski definition) is 1. The predicted octanol–water partition coefficient (Wildman–Crippen LogP) is 2.24. The fraction of sp³-hybridized carbons (Fsp3) is 1.00. The summed E-state index contributed by atoms with van der Waals surface area (Å²) in [4.78, 5) is 5.21. The van der Waals surface area contributed by atoms with Gasteiger partial charge in [-0.3, -0.25) is 9.80 Å². The maximum absolute atomic E-state index is 10.6. The van der Waals surface area contributed by atoms with Crippen LogP contribution in [0, 0.1) is 0 Å². The molecule has 1 N–H and O–H groups in total. The summed E-state index contributed by atoms with van der Waals surface area (Å²) < 4.78 is 0. The van der Waals surface area contributed by atoms with Gasteiger partial charge < -0.3 is 5.11 Å². The molecule has 0 aromatic carbocycles. The van der Waals surface area contributed by atoms with Crippen molar-refractivity contribution < 1.29 is 5.11 Å². The molecule has 1 saturated heterocycles. The number of hydrogen-bond acceptors (Lipinski definition) is 3. The zero-order chi connectivity index (χ0) is 13.1. The van der Waals surface area contributed by atoms with Gasteiger partial charge in [0.05, 0.1) is 5.60 Å². The van der Waals surface area contributed by atoms with Crippen molar-refractivity contribution in [2.45, 2.75) is 69.4 Å². The van der Waals surface area contributed by atoms with Crippen LogP contribution in [-0.4, -0.2) is 59.3 Å². The summed E-state index contributed by atoms with van der Waals surface area (Å²) in [6, 6.07) is 0.875. The van der Waals surface area contributed by atoms with E-state index < -0.39 is 0 Å². The molecule has 0 aromatic heterocycles. The molecule has 0 aromatic rings. The second kappa shape index (κ2) is 6.11. The van der Waals surface area contributed by atoms with Crippen LogP contribution in [0.4, 0.5) is 0 Å². The smallest absolute Gasteiger partial charge is 0.0774 e. The maximum atomic E-state index is 10.6. The molecule has 2 aliphatic carbocycles. The summed E-state index contributed by atoms with van der Waals surface area (Å²) in [6.45, 7) is 5.70. The third-order valence-electron chi connectivity index (χ3n) is 5.55.